The van der Waals surface area contributed by atoms with Crippen molar-refractivity contribution < 1.29 is 13.2 Å². The molecule has 2 aliphatic heterocycles. The number of hydrogen-bond donors (Lipinski definition) is 1. The van der Waals surface area contributed by atoms with Crippen molar-refractivity contribution in [3.05, 3.63) is 0 Å². The molecule has 0 spiro atoms. The molecule has 0 saturated carbocycles. The van der Waals surface area contributed by atoms with Crippen LogP contribution in [0.5, 0.6) is 0 Å². The predicted octanol–water partition coefficient (Wildman–Crippen LogP) is 0.752. The second-order valence-electron chi connectivity index (χ2n) is 7.43. The van der Waals surface area contributed by atoms with Crippen LogP contribution in [0.1, 0.15) is 33.1 Å². The van der Waals surface area contributed by atoms with E-state index in [0.29, 0.717) is 32.5 Å². The summed E-state index contributed by atoms with van der Waals surface area (Å²) in [5.74, 6) is 1.49. The van der Waals surface area contributed by atoms with Crippen LogP contribution in [0.2, 0.25) is 0 Å². The molecule has 0 aliphatic carbocycles. The van der Waals surface area contributed by atoms with E-state index in [2.05, 4.69) is 24.1 Å². The zero-order valence-electron chi connectivity index (χ0n) is 14.6. The minimum Gasteiger partial charge on any atom is -0.355 e. The molecule has 2 heterocycles. The molecule has 1 N–H and O–H groups in total. The van der Waals surface area contributed by atoms with Crippen molar-refractivity contribution >= 4 is 15.9 Å². The molecule has 0 bridgehead atoms. The van der Waals surface area contributed by atoms with E-state index in [9.17, 15) is 13.2 Å². The highest BCUT2D eigenvalue weighted by atomic mass is 32.2. The number of amides is 1. The first-order chi connectivity index (χ1) is 10.8. The monoisotopic (exact) mass is 345 g/mol. The number of carbonyl (C=O) groups excluding carboxylic acids is 1. The lowest BCUT2D eigenvalue weighted by atomic mass is 9.92. The van der Waals surface area contributed by atoms with Crippen LogP contribution in [0.25, 0.3) is 0 Å². The second kappa shape index (κ2) is 7.94. The molecular weight excluding hydrogens is 314 g/mol. The maximum absolute atomic E-state index is 12.2. The Morgan fingerprint density at radius 1 is 1.13 bits per heavy atom. The molecule has 0 aromatic carbocycles. The molecule has 23 heavy (non-hydrogen) atoms. The standard InChI is InChI=1S/C16H31N3O3S/c1-13-10-14(2)12-18(11-13)9-6-17-16(20)15-4-7-19(8-5-15)23(3,21)22/h13-15H,4-12H2,1-3H3,(H,17,20)/t13-,14-/m0/s1. The third kappa shape index (κ3) is 5.72. The normalized spacial score (nSPS) is 28.7. The Kier molecular flexibility index (Phi) is 6.45. The Balaban J connectivity index is 1.68. The van der Waals surface area contributed by atoms with Gasteiger partial charge in [-0.25, -0.2) is 12.7 Å². The molecule has 2 fully saturated rings. The first kappa shape index (κ1) is 18.7. The van der Waals surface area contributed by atoms with Gasteiger partial charge in [0.2, 0.25) is 15.9 Å². The van der Waals surface area contributed by atoms with E-state index in [1.807, 2.05) is 0 Å². The molecule has 6 nitrogen and oxygen atoms in total. The van der Waals surface area contributed by atoms with Crippen molar-refractivity contribution in [2.75, 3.05) is 45.5 Å². The quantitative estimate of drug-likeness (QED) is 0.798. The molecule has 134 valence electrons. The van der Waals surface area contributed by atoms with Crippen LogP contribution in [0, 0.1) is 17.8 Å². The van der Waals surface area contributed by atoms with Gasteiger partial charge < -0.3 is 10.2 Å². The summed E-state index contributed by atoms with van der Waals surface area (Å²) in [6.07, 6.45) is 3.77. The van der Waals surface area contributed by atoms with Gasteiger partial charge in [0, 0.05) is 45.2 Å². The van der Waals surface area contributed by atoms with Gasteiger partial charge in [0.15, 0.2) is 0 Å². The zero-order valence-corrected chi connectivity index (χ0v) is 15.4. The SMILES string of the molecule is C[C@H]1C[C@H](C)CN(CCNC(=O)C2CCN(S(C)(=O)=O)CC2)C1. The van der Waals surface area contributed by atoms with Gasteiger partial charge in [0.1, 0.15) is 0 Å². The van der Waals surface area contributed by atoms with Gasteiger partial charge in [-0.2, -0.15) is 0 Å². The number of sulfonamides is 1. The van der Waals surface area contributed by atoms with Gasteiger partial charge in [-0.05, 0) is 31.1 Å². The summed E-state index contributed by atoms with van der Waals surface area (Å²) in [6, 6.07) is 0. The summed E-state index contributed by atoms with van der Waals surface area (Å²) in [6.45, 7) is 9.32. The summed E-state index contributed by atoms with van der Waals surface area (Å²) in [7, 11) is -3.12. The minimum absolute atomic E-state index is 0.0489. The molecule has 0 aromatic rings. The Hall–Kier alpha value is -0.660. The minimum atomic E-state index is -3.12. The summed E-state index contributed by atoms with van der Waals surface area (Å²) in [5, 5.41) is 3.03. The fourth-order valence-electron chi connectivity index (χ4n) is 3.91. The lowest BCUT2D eigenvalue weighted by Crippen LogP contribution is -2.45. The van der Waals surface area contributed by atoms with Crippen LogP contribution >= 0.6 is 0 Å². The molecule has 0 radical (unpaired) electrons. The summed E-state index contributed by atoms with van der Waals surface area (Å²) < 4.78 is 24.4. The van der Waals surface area contributed by atoms with Crippen LogP contribution in [0.3, 0.4) is 0 Å². The van der Waals surface area contributed by atoms with Gasteiger partial charge in [-0.1, -0.05) is 13.8 Å². The number of rotatable bonds is 5. The number of hydrogen-bond acceptors (Lipinski definition) is 4. The van der Waals surface area contributed by atoms with E-state index in [1.54, 1.807) is 0 Å². The number of carbonyl (C=O) groups is 1. The Labute approximate surface area is 140 Å². The third-order valence-corrected chi connectivity index (χ3v) is 6.27. The largest absolute Gasteiger partial charge is 0.355 e. The molecule has 0 aromatic heterocycles. The molecule has 2 saturated heterocycles. The number of nitrogens with zero attached hydrogens (tertiary/aromatic N) is 2. The van der Waals surface area contributed by atoms with E-state index in [0.717, 1.165) is 31.5 Å². The average molecular weight is 346 g/mol. The highest BCUT2D eigenvalue weighted by Crippen LogP contribution is 2.21. The van der Waals surface area contributed by atoms with E-state index < -0.39 is 10.0 Å². The van der Waals surface area contributed by atoms with E-state index in [-0.39, 0.29) is 11.8 Å². The first-order valence-electron chi connectivity index (χ1n) is 8.71. The maximum atomic E-state index is 12.2. The highest BCUT2D eigenvalue weighted by Gasteiger charge is 2.29. The van der Waals surface area contributed by atoms with Crippen molar-refractivity contribution in [2.45, 2.75) is 33.1 Å². The first-order valence-corrected chi connectivity index (χ1v) is 10.6. The topological polar surface area (TPSA) is 69.7 Å². The smallest absolute Gasteiger partial charge is 0.223 e. The third-order valence-electron chi connectivity index (χ3n) is 4.97. The number of piperidine rings is 2. The fraction of sp³-hybridized carbons (Fsp3) is 0.938. The molecule has 0 unspecified atom stereocenters. The van der Waals surface area contributed by atoms with Crippen LogP contribution in [0.15, 0.2) is 0 Å². The maximum Gasteiger partial charge on any atom is 0.223 e. The summed E-state index contributed by atoms with van der Waals surface area (Å²) >= 11 is 0. The molecule has 2 atom stereocenters. The zero-order chi connectivity index (χ0) is 17.0. The van der Waals surface area contributed by atoms with Gasteiger partial charge in [0.05, 0.1) is 6.26 Å². The Morgan fingerprint density at radius 3 is 2.22 bits per heavy atom. The van der Waals surface area contributed by atoms with Crippen LogP contribution in [-0.2, 0) is 14.8 Å². The summed E-state index contributed by atoms with van der Waals surface area (Å²) in [4.78, 5) is 14.7. The second-order valence-corrected chi connectivity index (χ2v) is 9.42. The summed E-state index contributed by atoms with van der Waals surface area (Å²) in [5.41, 5.74) is 0. The Bertz CT molecular complexity index is 491. The van der Waals surface area contributed by atoms with E-state index in [1.165, 1.54) is 17.0 Å². The number of likely N-dealkylation sites (tertiary alicyclic amines) is 1. The highest BCUT2D eigenvalue weighted by molar-refractivity contribution is 7.88. The molecular formula is C16H31N3O3S. The van der Waals surface area contributed by atoms with Crippen LogP contribution in [-0.4, -0.2) is 69.1 Å². The molecule has 2 rings (SSSR count). The van der Waals surface area contributed by atoms with Gasteiger partial charge >= 0.3 is 0 Å². The predicted molar refractivity (Wildman–Crippen MR) is 91.5 cm³/mol. The van der Waals surface area contributed by atoms with Crippen LogP contribution < -0.4 is 5.32 Å². The molecule has 7 heteroatoms. The van der Waals surface area contributed by atoms with E-state index in [4.69, 9.17) is 0 Å². The fourth-order valence-corrected chi connectivity index (χ4v) is 4.78. The van der Waals surface area contributed by atoms with Gasteiger partial charge in [0.25, 0.3) is 0 Å². The van der Waals surface area contributed by atoms with Crippen molar-refractivity contribution in [3.8, 4) is 0 Å². The average Bonchev–Trinajstić information content (AvgIpc) is 2.45. The van der Waals surface area contributed by atoms with Gasteiger partial charge in [-0.15, -0.1) is 0 Å². The van der Waals surface area contributed by atoms with Crippen molar-refractivity contribution in [2.24, 2.45) is 17.8 Å². The number of nitrogens with one attached hydrogen (secondary N) is 1. The Morgan fingerprint density at radius 2 is 1.70 bits per heavy atom. The lowest BCUT2D eigenvalue weighted by molar-refractivity contribution is -0.126. The molecule has 2 aliphatic rings. The van der Waals surface area contributed by atoms with Crippen molar-refractivity contribution in [1.29, 1.82) is 0 Å². The molecule has 1 amide bonds. The van der Waals surface area contributed by atoms with Crippen molar-refractivity contribution in [3.63, 3.8) is 0 Å². The van der Waals surface area contributed by atoms with Gasteiger partial charge in [-0.3, -0.25) is 4.79 Å². The van der Waals surface area contributed by atoms with E-state index >= 15 is 0 Å². The lowest BCUT2D eigenvalue weighted by Gasteiger charge is -2.35. The van der Waals surface area contributed by atoms with Crippen molar-refractivity contribution in [1.82, 2.24) is 14.5 Å². The van der Waals surface area contributed by atoms with Crippen LogP contribution in [0.4, 0.5) is 0 Å².